The van der Waals surface area contributed by atoms with Crippen LogP contribution >= 0.6 is 11.8 Å². The number of ether oxygens (including phenoxy) is 1. The van der Waals surface area contributed by atoms with Crippen LogP contribution < -0.4 is 4.74 Å². The van der Waals surface area contributed by atoms with E-state index in [2.05, 4.69) is 0 Å². The summed E-state index contributed by atoms with van der Waals surface area (Å²) >= 11 is 0.363. The number of aryl methyl sites for hydroxylation is 1. The molecule has 0 N–H and O–H groups in total. The van der Waals surface area contributed by atoms with Crippen LogP contribution in [-0.4, -0.2) is 22.2 Å². The Morgan fingerprint density at radius 2 is 1.88 bits per heavy atom. The summed E-state index contributed by atoms with van der Waals surface area (Å²) in [4.78, 5) is 0.964. The second-order valence-corrected chi connectivity index (χ2v) is 9.67. The van der Waals surface area contributed by atoms with E-state index in [0.29, 0.717) is 12.2 Å². The molecular formula is C19H18F2O2S2. The van der Waals surface area contributed by atoms with Gasteiger partial charge in [-0.25, -0.2) is 8.78 Å². The maximum absolute atomic E-state index is 14.8. The van der Waals surface area contributed by atoms with Gasteiger partial charge >= 0.3 is 0 Å². The zero-order chi connectivity index (χ0) is 17.6. The SMILES string of the molecule is Cc1ccc(S[C@@]23CCC[S+]([O-])[C@@H]2COc2c(F)ccc(F)c23)cc1. The first kappa shape index (κ1) is 17.2. The molecule has 2 aliphatic heterocycles. The molecule has 1 saturated heterocycles. The number of rotatable bonds is 2. The lowest BCUT2D eigenvalue weighted by molar-refractivity contribution is 0.230. The van der Waals surface area contributed by atoms with Crippen molar-refractivity contribution >= 4 is 22.9 Å². The summed E-state index contributed by atoms with van der Waals surface area (Å²) in [6.07, 6.45) is 1.37. The third-order valence-corrected chi connectivity index (χ3v) is 8.49. The lowest BCUT2D eigenvalue weighted by Gasteiger charge is -2.47. The largest absolute Gasteiger partial charge is 0.616 e. The molecule has 2 aliphatic rings. The smallest absolute Gasteiger partial charge is 0.168 e. The van der Waals surface area contributed by atoms with E-state index in [1.165, 1.54) is 11.8 Å². The summed E-state index contributed by atoms with van der Waals surface area (Å²) < 4.78 is 46.5. The van der Waals surface area contributed by atoms with Crippen molar-refractivity contribution in [2.75, 3.05) is 12.4 Å². The number of halogens is 2. The molecule has 2 aromatic carbocycles. The molecule has 1 fully saturated rings. The molecule has 0 bridgehead atoms. The van der Waals surface area contributed by atoms with Crippen LogP contribution in [0.25, 0.3) is 0 Å². The van der Waals surface area contributed by atoms with Crippen molar-refractivity contribution in [3.05, 3.63) is 59.2 Å². The Morgan fingerprint density at radius 3 is 2.64 bits per heavy atom. The lowest BCUT2D eigenvalue weighted by atomic mass is 9.86. The summed E-state index contributed by atoms with van der Waals surface area (Å²) in [5.41, 5.74) is 1.37. The first-order chi connectivity index (χ1) is 12.0. The fourth-order valence-electron chi connectivity index (χ4n) is 3.70. The molecule has 2 heterocycles. The lowest BCUT2D eigenvalue weighted by Crippen LogP contribution is -2.53. The highest BCUT2D eigenvalue weighted by molar-refractivity contribution is 8.02. The molecule has 6 heteroatoms. The number of benzene rings is 2. The van der Waals surface area contributed by atoms with Gasteiger partial charge in [-0.3, -0.25) is 0 Å². The minimum Gasteiger partial charge on any atom is -0.616 e. The van der Waals surface area contributed by atoms with Gasteiger partial charge in [-0.2, -0.15) is 0 Å². The molecule has 132 valence electrons. The molecule has 2 nitrogen and oxygen atoms in total. The summed E-state index contributed by atoms with van der Waals surface area (Å²) in [6.45, 7) is 2.16. The van der Waals surface area contributed by atoms with Gasteiger partial charge < -0.3 is 9.29 Å². The number of hydrogen-bond acceptors (Lipinski definition) is 3. The highest BCUT2D eigenvalue weighted by Gasteiger charge is 2.56. The van der Waals surface area contributed by atoms with Crippen molar-refractivity contribution in [1.82, 2.24) is 0 Å². The Balaban J connectivity index is 1.88. The van der Waals surface area contributed by atoms with Crippen molar-refractivity contribution in [2.24, 2.45) is 0 Å². The summed E-state index contributed by atoms with van der Waals surface area (Å²) in [5, 5.41) is -0.351. The monoisotopic (exact) mass is 380 g/mol. The van der Waals surface area contributed by atoms with Gasteiger partial charge in [0.15, 0.2) is 16.8 Å². The van der Waals surface area contributed by atoms with Crippen LogP contribution in [0.5, 0.6) is 5.75 Å². The number of hydrogen-bond donors (Lipinski definition) is 0. The molecular weight excluding hydrogens is 362 g/mol. The van der Waals surface area contributed by atoms with Crippen LogP contribution in [-0.2, 0) is 15.9 Å². The molecule has 2 aromatic rings. The van der Waals surface area contributed by atoms with Gasteiger partial charge in [-0.15, -0.1) is 11.8 Å². The molecule has 25 heavy (non-hydrogen) atoms. The standard InChI is InChI=1S/C19H18F2O2S2/c1-12-3-5-13(6-4-12)24-19-9-2-10-25(22)16(19)11-23-18-15(21)8-7-14(20)17(18)19/h3-8,16H,2,9-11H2,1H3/t16-,19+,25?/m1/s1. The Labute approximate surface area is 153 Å². The van der Waals surface area contributed by atoms with Gasteiger partial charge in [0.25, 0.3) is 0 Å². The van der Waals surface area contributed by atoms with Gasteiger partial charge in [0.2, 0.25) is 0 Å². The molecule has 0 spiro atoms. The Morgan fingerprint density at radius 1 is 1.16 bits per heavy atom. The van der Waals surface area contributed by atoms with Gasteiger partial charge in [0.1, 0.15) is 22.9 Å². The van der Waals surface area contributed by atoms with Crippen molar-refractivity contribution in [2.45, 2.75) is 34.7 Å². The molecule has 0 aliphatic carbocycles. The average molecular weight is 380 g/mol. The van der Waals surface area contributed by atoms with E-state index in [9.17, 15) is 13.3 Å². The van der Waals surface area contributed by atoms with Crippen LogP contribution in [0.3, 0.4) is 0 Å². The average Bonchev–Trinajstić information content (AvgIpc) is 2.60. The van der Waals surface area contributed by atoms with Crippen molar-refractivity contribution in [3.8, 4) is 5.75 Å². The van der Waals surface area contributed by atoms with Gasteiger partial charge in [0, 0.05) is 4.90 Å². The first-order valence-electron chi connectivity index (χ1n) is 8.25. The molecule has 1 unspecified atom stereocenters. The summed E-state index contributed by atoms with van der Waals surface area (Å²) in [7, 11) is 0. The van der Waals surface area contributed by atoms with E-state index in [1.54, 1.807) is 0 Å². The molecule has 4 rings (SSSR count). The topological polar surface area (TPSA) is 32.3 Å². The van der Waals surface area contributed by atoms with Crippen LogP contribution in [0, 0.1) is 18.6 Å². The Bertz CT molecular complexity index is 797. The predicted molar refractivity (Wildman–Crippen MR) is 96.6 cm³/mol. The first-order valence-corrected chi connectivity index (χ1v) is 10.5. The number of fused-ring (bicyclic) bond motifs is 3. The van der Waals surface area contributed by atoms with E-state index in [-0.39, 0.29) is 23.2 Å². The van der Waals surface area contributed by atoms with E-state index < -0.39 is 27.6 Å². The third-order valence-electron chi connectivity index (χ3n) is 4.91. The van der Waals surface area contributed by atoms with E-state index >= 15 is 0 Å². The van der Waals surface area contributed by atoms with E-state index in [0.717, 1.165) is 29.0 Å². The maximum atomic E-state index is 14.8. The minimum atomic E-state index is -1.13. The molecule has 0 aromatic heterocycles. The molecule has 0 radical (unpaired) electrons. The van der Waals surface area contributed by atoms with E-state index in [1.807, 2.05) is 31.2 Å². The zero-order valence-electron chi connectivity index (χ0n) is 13.8. The second-order valence-electron chi connectivity index (χ2n) is 6.53. The van der Waals surface area contributed by atoms with E-state index in [4.69, 9.17) is 4.74 Å². The van der Waals surface area contributed by atoms with Crippen LogP contribution in [0.1, 0.15) is 24.0 Å². The normalized spacial score (nSPS) is 28.0. The zero-order valence-corrected chi connectivity index (χ0v) is 15.4. The molecule has 0 saturated carbocycles. The fourth-order valence-corrected chi connectivity index (χ4v) is 7.19. The highest BCUT2D eigenvalue weighted by atomic mass is 32.2. The van der Waals surface area contributed by atoms with Gasteiger partial charge in [-0.05, 0) is 55.2 Å². The van der Waals surface area contributed by atoms with Crippen LogP contribution in [0.2, 0.25) is 0 Å². The van der Waals surface area contributed by atoms with Gasteiger partial charge in [0.05, 0.1) is 5.56 Å². The van der Waals surface area contributed by atoms with Crippen LogP contribution in [0.15, 0.2) is 41.3 Å². The molecule has 3 atom stereocenters. The van der Waals surface area contributed by atoms with Crippen molar-refractivity contribution < 1.29 is 18.1 Å². The highest BCUT2D eigenvalue weighted by Crippen LogP contribution is 2.57. The van der Waals surface area contributed by atoms with Crippen molar-refractivity contribution in [3.63, 3.8) is 0 Å². The van der Waals surface area contributed by atoms with Gasteiger partial charge in [-0.1, -0.05) is 17.7 Å². The summed E-state index contributed by atoms with van der Waals surface area (Å²) in [6, 6.07) is 10.2. The predicted octanol–water partition coefficient (Wildman–Crippen LogP) is 4.56. The Kier molecular flexibility index (Phi) is 4.46. The third kappa shape index (κ3) is 2.84. The summed E-state index contributed by atoms with van der Waals surface area (Å²) in [5.74, 6) is -0.485. The second kappa shape index (κ2) is 6.49. The fraction of sp³-hybridized carbons (Fsp3) is 0.368. The minimum absolute atomic E-state index is 0.0187. The molecule has 0 amide bonds. The Hall–Kier alpha value is -1.24. The van der Waals surface area contributed by atoms with Crippen molar-refractivity contribution in [1.29, 1.82) is 0 Å². The quantitative estimate of drug-likeness (QED) is 0.716. The number of thioether (sulfide) groups is 1. The van der Waals surface area contributed by atoms with Crippen LogP contribution in [0.4, 0.5) is 8.78 Å². The maximum Gasteiger partial charge on any atom is 0.168 e.